The Bertz CT molecular complexity index is 1200. The first-order valence-corrected chi connectivity index (χ1v) is 13.5. The highest BCUT2D eigenvalue weighted by Crippen LogP contribution is 2.35. The summed E-state index contributed by atoms with van der Waals surface area (Å²) in [5.41, 5.74) is 1.41. The predicted molar refractivity (Wildman–Crippen MR) is 143 cm³/mol. The van der Waals surface area contributed by atoms with E-state index >= 15 is 0 Å². The van der Waals surface area contributed by atoms with Gasteiger partial charge in [0.1, 0.15) is 23.0 Å². The number of rotatable bonds is 11. The number of amides is 1. The number of carbonyl (C=O) groups excluding carboxylic acids is 1. The number of anilines is 1. The van der Waals surface area contributed by atoms with Crippen LogP contribution in [0, 0.1) is 0 Å². The number of ether oxygens (including phenoxy) is 4. The minimum absolute atomic E-state index is 0.179. The number of methoxy groups -OCH3 is 4. The van der Waals surface area contributed by atoms with Crippen LogP contribution in [0.25, 0.3) is 6.08 Å². The average Bonchev–Trinajstić information content (AvgIpc) is 2.88. The fraction of sp³-hybridized carbons (Fsp3) is 0.423. The fourth-order valence-corrected chi connectivity index (χ4v) is 5.07. The van der Waals surface area contributed by atoms with E-state index in [2.05, 4.69) is 22.2 Å². The molecule has 3 rings (SSSR count). The molecule has 0 bridgehead atoms. The molecule has 1 aliphatic rings. The van der Waals surface area contributed by atoms with Crippen LogP contribution in [-0.4, -0.2) is 92.3 Å². The van der Waals surface area contributed by atoms with E-state index in [1.807, 2.05) is 0 Å². The smallest absolute Gasteiger partial charge is 0.238 e. The van der Waals surface area contributed by atoms with Gasteiger partial charge in [0, 0.05) is 43.7 Å². The Labute approximate surface area is 218 Å². The van der Waals surface area contributed by atoms with E-state index in [1.54, 1.807) is 30.3 Å². The second-order valence-electron chi connectivity index (χ2n) is 8.72. The molecule has 1 heterocycles. The number of nitrogens with zero attached hydrogens (tertiary/aromatic N) is 2. The monoisotopic (exact) mass is 533 g/mol. The van der Waals surface area contributed by atoms with E-state index in [1.165, 1.54) is 34.5 Å². The highest BCUT2D eigenvalue weighted by atomic mass is 32.2. The molecule has 0 spiro atoms. The van der Waals surface area contributed by atoms with Gasteiger partial charge in [-0.05, 0) is 30.8 Å². The molecule has 0 unspecified atom stereocenters. The van der Waals surface area contributed by atoms with Crippen LogP contribution < -0.4 is 24.3 Å². The van der Waals surface area contributed by atoms with Crippen LogP contribution in [0.1, 0.15) is 11.1 Å². The van der Waals surface area contributed by atoms with Gasteiger partial charge in [0.05, 0.1) is 52.0 Å². The summed E-state index contributed by atoms with van der Waals surface area (Å²) >= 11 is 0. The Balaban J connectivity index is 1.75. The van der Waals surface area contributed by atoms with Crippen LogP contribution in [0.4, 0.5) is 5.69 Å². The van der Waals surface area contributed by atoms with E-state index in [-0.39, 0.29) is 18.2 Å². The van der Waals surface area contributed by atoms with Crippen LogP contribution in [0.15, 0.2) is 35.7 Å². The van der Waals surface area contributed by atoms with E-state index in [9.17, 15) is 13.2 Å². The molecule has 202 valence electrons. The number of hydrogen-bond acceptors (Lipinski definition) is 9. The summed E-state index contributed by atoms with van der Waals surface area (Å²) in [6.07, 6.45) is 1.44. The van der Waals surface area contributed by atoms with Crippen molar-refractivity contribution in [2.45, 2.75) is 5.75 Å². The molecule has 1 N–H and O–H groups in total. The van der Waals surface area contributed by atoms with Crippen molar-refractivity contribution < 1.29 is 32.2 Å². The lowest BCUT2D eigenvalue weighted by Gasteiger charge is -2.31. The molecule has 37 heavy (non-hydrogen) atoms. The first kappa shape index (κ1) is 28.3. The summed E-state index contributed by atoms with van der Waals surface area (Å²) in [5, 5.41) is 3.99. The molecular weight excluding hydrogens is 498 g/mol. The van der Waals surface area contributed by atoms with Crippen LogP contribution >= 0.6 is 0 Å². The SMILES string of the molecule is COc1cc(OC)c(C=CS(=O)(=O)Cc2ccc(OC)c(NC(=O)CN3CCN(C)CC3)c2)c(OC)c1. The number of likely N-dealkylation sites (N-methyl/N-ethyl adjacent to an activating group) is 1. The third-order valence-electron chi connectivity index (χ3n) is 6.06. The van der Waals surface area contributed by atoms with Crippen molar-refractivity contribution in [3.63, 3.8) is 0 Å². The van der Waals surface area contributed by atoms with Gasteiger partial charge in [-0.25, -0.2) is 8.42 Å². The molecule has 1 saturated heterocycles. The van der Waals surface area contributed by atoms with Crippen molar-refractivity contribution in [2.24, 2.45) is 0 Å². The fourth-order valence-electron chi connectivity index (χ4n) is 3.99. The lowest BCUT2D eigenvalue weighted by molar-refractivity contribution is -0.117. The largest absolute Gasteiger partial charge is 0.496 e. The van der Waals surface area contributed by atoms with E-state index in [4.69, 9.17) is 18.9 Å². The third-order valence-corrected chi connectivity index (χ3v) is 7.35. The lowest BCUT2D eigenvalue weighted by Crippen LogP contribution is -2.47. The van der Waals surface area contributed by atoms with Gasteiger partial charge in [0.25, 0.3) is 0 Å². The molecular formula is C26H35N3O7S. The summed E-state index contributed by atoms with van der Waals surface area (Å²) in [7, 11) is 4.36. The molecule has 0 aromatic heterocycles. The standard InChI is InChI=1S/C26H35N3O7S/c1-28-9-11-29(12-10-28)17-26(30)27-22-14-19(6-7-23(22)34-3)18-37(31,32)13-8-21-24(35-4)15-20(33-2)16-25(21)36-5/h6-8,13-16H,9-12,17-18H2,1-5H3,(H,27,30). The molecule has 1 aliphatic heterocycles. The highest BCUT2D eigenvalue weighted by Gasteiger charge is 2.19. The van der Waals surface area contributed by atoms with Crippen LogP contribution in [0.5, 0.6) is 23.0 Å². The maximum atomic E-state index is 13.0. The minimum atomic E-state index is -3.68. The zero-order chi connectivity index (χ0) is 27.0. The van der Waals surface area contributed by atoms with Gasteiger partial charge >= 0.3 is 0 Å². The average molecular weight is 534 g/mol. The second-order valence-corrected chi connectivity index (χ2v) is 10.6. The van der Waals surface area contributed by atoms with E-state index < -0.39 is 9.84 Å². The van der Waals surface area contributed by atoms with Crippen molar-refractivity contribution in [3.8, 4) is 23.0 Å². The summed E-state index contributed by atoms with van der Waals surface area (Å²) in [6, 6.07) is 8.23. The highest BCUT2D eigenvalue weighted by molar-refractivity contribution is 7.93. The Kier molecular flexibility index (Phi) is 9.79. The van der Waals surface area contributed by atoms with Gasteiger partial charge in [-0.1, -0.05) is 6.07 Å². The molecule has 2 aromatic rings. The number of piperazine rings is 1. The lowest BCUT2D eigenvalue weighted by atomic mass is 10.1. The number of benzene rings is 2. The number of nitrogens with one attached hydrogen (secondary N) is 1. The molecule has 1 amide bonds. The van der Waals surface area contributed by atoms with Gasteiger partial charge in [-0.3, -0.25) is 9.69 Å². The number of carbonyl (C=O) groups is 1. The molecule has 0 aliphatic carbocycles. The van der Waals surface area contributed by atoms with Crippen molar-refractivity contribution in [2.75, 3.05) is 73.5 Å². The van der Waals surface area contributed by atoms with Crippen molar-refractivity contribution in [1.82, 2.24) is 9.80 Å². The Morgan fingerprint density at radius 3 is 2.11 bits per heavy atom. The summed E-state index contributed by atoms with van der Waals surface area (Å²) in [4.78, 5) is 17.0. The van der Waals surface area contributed by atoms with E-state index in [0.717, 1.165) is 31.6 Å². The summed E-state index contributed by atoms with van der Waals surface area (Å²) in [6.45, 7) is 3.70. The second kappa shape index (κ2) is 12.8. The summed E-state index contributed by atoms with van der Waals surface area (Å²) < 4.78 is 47.3. The predicted octanol–water partition coefficient (Wildman–Crippen LogP) is 2.49. The molecule has 0 saturated carbocycles. The molecule has 0 atom stereocenters. The van der Waals surface area contributed by atoms with Gasteiger partial charge in [-0.15, -0.1) is 0 Å². The Hall–Kier alpha value is -3.28. The van der Waals surface area contributed by atoms with Crippen LogP contribution in [0.2, 0.25) is 0 Å². The van der Waals surface area contributed by atoms with Gasteiger partial charge in [-0.2, -0.15) is 0 Å². The number of hydrogen-bond donors (Lipinski definition) is 1. The normalized spacial score (nSPS) is 14.9. The van der Waals surface area contributed by atoms with Crippen LogP contribution in [-0.2, 0) is 20.4 Å². The maximum Gasteiger partial charge on any atom is 0.238 e. The molecule has 11 heteroatoms. The molecule has 2 aromatic carbocycles. The molecule has 0 radical (unpaired) electrons. The maximum absolute atomic E-state index is 13.0. The van der Waals surface area contributed by atoms with Crippen molar-refractivity contribution >= 4 is 27.5 Å². The van der Waals surface area contributed by atoms with Crippen molar-refractivity contribution in [1.29, 1.82) is 0 Å². The Morgan fingerprint density at radius 1 is 0.919 bits per heavy atom. The molecule has 10 nitrogen and oxygen atoms in total. The quantitative estimate of drug-likeness (QED) is 0.466. The van der Waals surface area contributed by atoms with E-state index in [0.29, 0.717) is 39.8 Å². The van der Waals surface area contributed by atoms with Crippen molar-refractivity contribution in [3.05, 3.63) is 46.9 Å². The number of sulfone groups is 1. The first-order valence-electron chi connectivity index (χ1n) is 11.8. The third kappa shape index (κ3) is 7.85. The molecule has 1 fully saturated rings. The first-order chi connectivity index (χ1) is 17.7. The van der Waals surface area contributed by atoms with Gasteiger partial charge in [0.15, 0.2) is 9.84 Å². The zero-order valence-corrected chi connectivity index (χ0v) is 22.8. The topological polar surface area (TPSA) is 107 Å². The van der Waals surface area contributed by atoms with Crippen LogP contribution in [0.3, 0.4) is 0 Å². The summed E-state index contributed by atoms with van der Waals surface area (Å²) in [5.74, 6) is 1.36. The van der Waals surface area contributed by atoms with Gasteiger partial charge in [0.2, 0.25) is 5.91 Å². The zero-order valence-electron chi connectivity index (χ0n) is 21.9. The Morgan fingerprint density at radius 2 is 1.54 bits per heavy atom. The minimum Gasteiger partial charge on any atom is -0.496 e. The van der Waals surface area contributed by atoms with Gasteiger partial charge < -0.3 is 29.2 Å².